The van der Waals surface area contributed by atoms with Gasteiger partial charge in [-0.1, -0.05) is 78.9 Å². The largest absolute Gasteiger partial charge is 4.00 e. The molecule has 0 spiro atoms. The number of aryl methyl sites for hydroxylation is 3. The first kappa shape index (κ1) is 39.3. The summed E-state index contributed by atoms with van der Waals surface area (Å²) in [4.78, 5) is 0. The number of methoxy groups -OCH3 is 3. The van der Waals surface area contributed by atoms with Gasteiger partial charge >= 0.3 is 21.7 Å². The van der Waals surface area contributed by atoms with E-state index in [9.17, 15) is 0 Å². The van der Waals surface area contributed by atoms with E-state index in [0.29, 0.717) is 0 Å². The van der Waals surface area contributed by atoms with Crippen molar-refractivity contribution in [3.8, 4) is 17.2 Å². The van der Waals surface area contributed by atoms with Gasteiger partial charge in [0.25, 0.3) is 0 Å². The van der Waals surface area contributed by atoms with E-state index in [1.54, 1.807) is 21.3 Å². The third kappa shape index (κ3) is 6.34. The molecule has 3 aromatic rings. The molecule has 0 saturated carbocycles. The van der Waals surface area contributed by atoms with E-state index in [2.05, 4.69) is 109 Å². The SMILES string of the molecule is COc1ccc(C)cc1[Si](c1cc(C)ccc1OC)(c1cc(C)ccc1OC)C1(C)[C-]=C(C)C(C)=C1C.[Cl-].[Cl-].[Cl-].[Ti+4]. The van der Waals surface area contributed by atoms with Gasteiger partial charge in [0.2, 0.25) is 0 Å². The molecule has 0 bridgehead atoms. The van der Waals surface area contributed by atoms with Crippen LogP contribution in [0.3, 0.4) is 0 Å². The first-order chi connectivity index (χ1) is 17.5. The van der Waals surface area contributed by atoms with Crippen molar-refractivity contribution in [3.05, 3.63) is 94.1 Å². The summed E-state index contributed by atoms with van der Waals surface area (Å²) in [5, 5.41) is 3.14. The first-order valence-electron chi connectivity index (χ1n) is 12.8. The molecular weight excluding hydrogens is 627 g/mol. The quantitative estimate of drug-likeness (QED) is 0.153. The van der Waals surface area contributed by atoms with Crippen LogP contribution >= 0.6 is 0 Å². The second-order valence-electron chi connectivity index (χ2n) is 10.5. The normalized spacial score (nSPS) is 15.9. The van der Waals surface area contributed by atoms with Crippen molar-refractivity contribution in [2.75, 3.05) is 21.3 Å². The molecule has 3 aromatic carbocycles. The van der Waals surface area contributed by atoms with Crippen LogP contribution in [0, 0.1) is 26.8 Å². The van der Waals surface area contributed by atoms with Crippen molar-refractivity contribution in [2.45, 2.75) is 53.5 Å². The van der Waals surface area contributed by atoms with Crippen LogP contribution in [0.15, 0.2) is 71.3 Å². The van der Waals surface area contributed by atoms with E-state index in [1.807, 2.05) is 0 Å². The molecule has 0 radical (unpaired) electrons. The van der Waals surface area contributed by atoms with E-state index in [4.69, 9.17) is 14.2 Å². The maximum atomic E-state index is 6.15. The van der Waals surface area contributed by atoms with Gasteiger partial charge in [-0.3, -0.25) is 6.08 Å². The Morgan fingerprint density at radius 2 is 0.902 bits per heavy atom. The standard InChI is InChI=1S/C33H39O3Si.3ClH.Ti/c1-21-11-14-27(34-8)30(17-21)37(31-18-22(2)12-15-28(31)35-9,32-19-23(3)13-16-29(32)36-10)33(7)20-24(4)25(5)26(33)6;;;;/h11-19H,1-10H3;3*1H;/q-1;;;;+4/p-3. The van der Waals surface area contributed by atoms with Crippen LogP contribution in [0.5, 0.6) is 17.2 Å². The molecule has 218 valence electrons. The summed E-state index contributed by atoms with van der Waals surface area (Å²) >= 11 is 0. The van der Waals surface area contributed by atoms with Crippen LogP contribution in [0.2, 0.25) is 5.04 Å². The third-order valence-corrected chi connectivity index (χ3v) is 13.9. The van der Waals surface area contributed by atoms with E-state index < -0.39 is 13.1 Å². The topological polar surface area (TPSA) is 27.7 Å². The second kappa shape index (κ2) is 15.2. The summed E-state index contributed by atoms with van der Waals surface area (Å²) in [6.07, 6.45) is 4.02. The molecule has 0 amide bonds. The van der Waals surface area contributed by atoms with Crippen LogP contribution < -0.4 is 67.0 Å². The summed E-state index contributed by atoms with van der Waals surface area (Å²) < 4.78 is 18.5. The summed E-state index contributed by atoms with van der Waals surface area (Å²) in [7, 11) is 2.19. The predicted molar refractivity (Wildman–Crippen MR) is 157 cm³/mol. The summed E-state index contributed by atoms with van der Waals surface area (Å²) in [6.45, 7) is 15.5. The van der Waals surface area contributed by atoms with Gasteiger partial charge in [0.05, 0.1) is 21.3 Å². The van der Waals surface area contributed by atoms with Crippen LogP contribution in [-0.4, -0.2) is 29.4 Å². The zero-order valence-corrected chi connectivity index (χ0v) is 30.4. The van der Waals surface area contributed by atoms with Crippen molar-refractivity contribution in [3.63, 3.8) is 0 Å². The summed E-state index contributed by atoms with van der Waals surface area (Å²) in [6, 6.07) is 19.6. The predicted octanol–water partition coefficient (Wildman–Crippen LogP) is -3.02. The maximum absolute atomic E-state index is 6.15. The van der Waals surface area contributed by atoms with Crippen molar-refractivity contribution < 1.29 is 73.1 Å². The molecule has 1 aliphatic rings. The number of ether oxygens (including phenoxy) is 3. The Kier molecular flexibility index (Phi) is 14.6. The molecule has 41 heavy (non-hydrogen) atoms. The Bertz CT molecular complexity index is 1310. The number of hydrogen-bond donors (Lipinski definition) is 0. The molecule has 8 heteroatoms. The monoisotopic (exact) mass is 664 g/mol. The smallest absolute Gasteiger partial charge is 1.00 e. The Morgan fingerprint density at radius 3 is 1.15 bits per heavy atom. The second-order valence-corrected chi connectivity index (χ2v) is 14.6. The molecule has 1 unspecified atom stereocenters. The zero-order valence-electron chi connectivity index (χ0n) is 25.6. The van der Waals surface area contributed by atoms with Crippen LogP contribution in [0.25, 0.3) is 0 Å². The third-order valence-electron chi connectivity index (χ3n) is 8.34. The van der Waals surface area contributed by atoms with Gasteiger partial charge in [0.1, 0.15) is 17.2 Å². The Hall–Kier alpha value is -1.66. The van der Waals surface area contributed by atoms with Crippen molar-refractivity contribution in [2.24, 2.45) is 0 Å². The summed E-state index contributed by atoms with van der Waals surface area (Å²) in [5.74, 6) is 2.63. The summed E-state index contributed by atoms with van der Waals surface area (Å²) in [5.41, 5.74) is 7.38. The van der Waals surface area contributed by atoms with E-state index in [-0.39, 0.29) is 58.9 Å². The van der Waals surface area contributed by atoms with Gasteiger partial charge in [-0.15, -0.1) is 6.92 Å². The zero-order chi connectivity index (χ0) is 27.1. The minimum atomic E-state index is -3.12. The van der Waals surface area contributed by atoms with Gasteiger partial charge in [-0.2, -0.15) is 11.1 Å². The van der Waals surface area contributed by atoms with Crippen molar-refractivity contribution in [1.82, 2.24) is 0 Å². The molecule has 0 fully saturated rings. The van der Waals surface area contributed by atoms with Crippen molar-refractivity contribution >= 4 is 23.6 Å². The van der Waals surface area contributed by atoms with E-state index >= 15 is 0 Å². The average Bonchev–Trinajstić information content (AvgIpc) is 3.08. The minimum Gasteiger partial charge on any atom is -1.00 e. The van der Waals surface area contributed by atoms with Crippen LogP contribution in [0.1, 0.15) is 44.4 Å². The molecule has 1 atom stereocenters. The van der Waals surface area contributed by atoms with E-state index in [1.165, 1.54) is 49.0 Å². The van der Waals surface area contributed by atoms with E-state index in [0.717, 1.165) is 17.2 Å². The van der Waals surface area contributed by atoms with Gasteiger partial charge in [-0.25, -0.2) is 5.57 Å². The molecule has 0 aromatic heterocycles. The Balaban J connectivity index is 0.00000400. The molecule has 1 aliphatic carbocycles. The molecule has 0 heterocycles. The fraction of sp³-hybridized carbons (Fsp3) is 0.333. The Labute approximate surface area is 281 Å². The number of allylic oxidation sites excluding steroid dienone is 4. The van der Waals surface area contributed by atoms with Gasteiger partial charge in [-0.05, 0) is 54.5 Å². The number of benzene rings is 3. The maximum Gasteiger partial charge on any atom is 4.00 e. The van der Waals surface area contributed by atoms with Gasteiger partial charge in [0.15, 0.2) is 8.07 Å². The average molecular weight is 666 g/mol. The van der Waals surface area contributed by atoms with Crippen molar-refractivity contribution in [1.29, 1.82) is 0 Å². The molecule has 0 saturated heterocycles. The van der Waals surface area contributed by atoms with Crippen LogP contribution in [0.4, 0.5) is 0 Å². The molecular formula is C33H39Cl3O3SiTi. The number of rotatable bonds is 7. The molecule has 3 nitrogen and oxygen atoms in total. The molecule has 0 N–H and O–H groups in total. The molecule has 0 aliphatic heterocycles. The molecule has 4 rings (SSSR count). The van der Waals surface area contributed by atoms with Crippen LogP contribution in [-0.2, 0) is 21.7 Å². The van der Waals surface area contributed by atoms with Gasteiger partial charge in [0, 0.05) is 0 Å². The Morgan fingerprint density at radius 1 is 0.585 bits per heavy atom. The first-order valence-corrected chi connectivity index (χ1v) is 14.8. The number of hydrogen-bond acceptors (Lipinski definition) is 3. The minimum absolute atomic E-state index is 0. The number of halogens is 3. The van der Waals surface area contributed by atoms with Gasteiger partial charge < -0.3 is 51.4 Å². The fourth-order valence-corrected chi connectivity index (χ4v) is 12.8. The fourth-order valence-electron chi connectivity index (χ4n) is 6.18.